The SMILES string of the molecule is CC(=O)OC[C@H]1O[C@@H]([C@]23OC[C@H](SO2)[C@H](OC(C)=O)[C@H]3OC(C)=O)[C@@H](OC(C)=O)[C@@H](OC(C)=O)[C@@H]1OC(C)=O. The molecular weight excluding hydrogens is 548 g/mol. The molecule has 218 valence electrons. The van der Waals surface area contributed by atoms with Crippen LogP contribution in [0.2, 0.25) is 0 Å². The Hall–Kier alpha value is -2.95. The number of hydrogen-bond acceptors (Lipinski definition) is 16. The first-order valence-corrected chi connectivity index (χ1v) is 12.7. The van der Waals surface area contributed by atoms with E-state index < -0.39 is 96.2 Å². The van der Waals surface area contributed by atoms with Gasteiger partial charge in [0.1, 0.15) is 12.7 Å². The number of hydrogen-bond donors (Lipinski definition) is 0. The van der Waals surface area contributed by atoms with E-state index in [1.165, 1.54) is 6.92 Å². The van der Waals surface area contributed by atoms with Crippen LogP contribution in [0.15, 0.2) is 0 Å². The molecule has 0 amide bonds. The number of fused-ring (bicyclic) bond motifs is 3. The van der Waals surface area contributed by atoms with E-state index in [1.54, 1.807) is 0 Å². The first kappa shape index (κ1) is 30.6. The molecule has 4 aliphatic heterocycles. The molecule has 4 heterocycles. The summed E-state index contributed by atoms with van der Waals surface area (Å²) < 4.78 is 50.5. The van der Waals surface area contributed by atoms with Gasteiger partial charge in [0, 0.05) is 53.6 Å². The van der Waals surface area contributed by atoms with Gasteiger partial charge in [0.25, 0.3) is 5.79 Å². The second-order valence-corrected chi connectivity index (χ2v) is 9.94. The van der Waals surface area contributed by atoms with Crippen molar-refractivity contribution < 1.29 is 70.8 Å². The first-order valence-electron chi connectivity index (χ1n) is 11.9. The highest BCUT2D eigenvalue weighted by Crippen LogP contribution is 2.50. The molecule has 0 N–H and O–H groups in total. The van der Waals surface area contributed by atoms with Crippen LogP contribution in [0.5, 0.6) is 0 Å². The van der Waals surface area contributed by atoms with Gasteiger partial charge in [-0.3, -0.25) is 33.0 Å². The van der Waals surface area contributed by atoms with Crippen molar-refractivity contribution in [2.24, 2.45) is 0 Å². The maximum Gasteiger partial charge on any atom is 0.303 e. The summed E-state index contributed by atoms with van der Waals surface area (Å²) in [6, 6.07) is 0. The summed E-state index contributed by atoms with van der Waals surface area (Å²) in [5.74, 6) is -6.75. The minimum absolute atomic E-state index is 0.0761. The van der Waals surface area contributed by atoms with Crippen LogP contribution in [0.1, 0.15) is 41.5 Å². The van der Waals surface area contributed by atoms with E-state index in [4.69, 9.17) is 42.1 Å². The summed E-state index contributed by atoms with van der Waals surface area (Å²) in [6.07, 6.45) is -9.91. The van der Waals surface area contributed by atoms with Gasteiger partial charge in [-0.1, -0.05) is 0 Å². The molecule has 4 fully saturated rings. The van der Waals surface area contributed by atoms with Crippen molar-refractivity contribution >= 4 is 47.9 Å². The van der Waals surface area contributed by atoms with Crippen LogP contribution in [-0.2, 0) is 70.8 Å². The van der Waals surface area contributed by atoms with E-state index >= 15 is 0 Å². The third-order valence-corrected chi connectivity index (χ3v) is 6.83. The maximum absolute atomic E-state index is 12.2. The monoisotopic (exact) mass is 578 g/mol. The van der Waals surface area contributed by atoms with Crippen molar-refractivity contribution in [2.45, 2.75) is 95.3 Å². The molecule has 0 aromatic carbocycles. The number of esters is 6. The average Bonchev–Trinajstić information content (AvgIpc) is 2.81. The highest BCUT2D eigenvalue weighted by atomic mass is 32.2. The van der Waals surface area contributed by atoms with Crippen LogP contribution in [0, 0.1) is 0 Å². The molecule has 0 radical (unpaired) electrons. The smallest absolute Gasteiger partial charge is 0.303 e. The Bertz CT molecular complexity index is 990. The molecular formula is C23H30O15S. The molecule has 0 spiro atoms. The van der Waals surface area contributed by atoms with E-state index in [2.05, 4.69) is 0 Å². The van der Waals surface area contributed by atoms with Gasteiger partial charge < -0.3 is 37.9 Å². The largest absolute Gasteiger partial charge is 0.463 e. The quantitative estimate of drug-likeness (QED) is 0.208. The van der Waals surface area contributed by atoms with E-state index in [9.17, 15) is 28.8 Å². The van der Waals surface area contributed by atoms with Crippen molar-refractivity contribution in [1.29, 1.82) is 0 Å². The standard InChI is InChI=1S/C23H30O15S/c1-9(24)30-7-15-17(32-10(2)25)19(34-12(4)27)20(35-13(5)28)22(37-15)23-21(36-14(6)29)18(33-11(3)26)16(8-31-23)39-38-23/h15-22H,7-8H2,1-6H3/t15-,16+,17-,18+,19+,20+,21-,22-,23-/m1/s1. The lowest BCUT2D eigenvalue weighted by atomic mass is 9.84. The normalized spacial score (nSPS) is 35.2. The lowest BCUT2D eigenvalue weighted by molar-refractivity contribution is -0.373. The fourth-order valence-corrected chi connectivity index (χ4v) is 5.55. The Balaban J connectivity index is 2.17. The topological polar surface area (TPSA) is 185 Å². The Morgan fingerprint density at radius 3 is 1.69 bits per heavy atom. The predicted octanol–water partition coefficient (Wildman–Crippen LogP) is -0.251. The van der Waals surface area contributed by atoms with Crippen LogP contribution < -0.4 is 0 Å². The molecule has 0 aliphatic carbocycles. The molecule has 9 atom stereocenters. The summed E-state index contributed by atoms with van der Waals surface area (Å²) >= 11 is 0.861. The summed E-state index contributed by atoms with van der Waals surface area (Å²) in [5, 5.41) is -0.606. The third kappa shape index (κ3) is 6.98. The van der Waals surface area contributed by atoms with Gasteiger partial charge in [0.15, 0.2) is 36.6 Å². The summed E-state index contributed by atoms with van der Waals surface area (Å²) in [5.41, 5.74) is 0. The molecule has 16 heteroatoms. The zero-order valence-electron chi connectivity index (χ0n) is 22.1. The number of carbonyl (C=O) groups excluding carboxylic acids is 6. The zero-order chi connectivity index (χ0) is 29.1. The molecule has 15 nitrogen and oxygen atoms in total. The third-order valence-electron chi connectivity index (χ3n) is 5.82. The van der Waals surface area contributed by atoms with E-state index in [0.29, 0.717) is 0 Å². The Morgan fingerprint density at radius 2 is 1.21 bits per heavy atom. The van der Waals surface area contributed by atoms with Gasteiger partial charge in [0.05, 0.1) is 11.9 Å². The zero-order valence-corrected chi connectivity index (χ0v) is 22.9. The molecule has 2 bridgehead atoms. The van der Waals surface area contributed by atoms with Crippen molar-refractivity contribution in [3.05, 3.63) is 0 Å². The molecule has 0 aromatic heterocycles. The van der Waals surface area contributed by atoms with Crippen molar-refractivity contribution in [3.63, 3.8) is 0 Å². The minimum atomic E-state index is -2.10. The molecule has 4 aliphatic rings. The summed E-state index contributed by atoms with van der Waals surface area (Å²) in [7, 11) is 0. The van der Waals surface area contributed by atoms with Gasteiger partial charge in [-0.15, -0.1) is 0 Å². The van der Waals surface area contributed by atoms with Gasteiger partial charge in [-0.05, 0) is 0 Å². The fourth-order valence-electron chi connectivity index (χ4n) is 4.61. The van der Waals surface area contributed by atoms with Crippen LogP contribution >= 0.6 is 12.0 Å². The van der Waals surface area contributed by atoms with Gasteiger partial charge >= 0.3 is 35.8 Å². The number of carbonyl (C=O) groups is 6. The molecule has 0 aromatic rings. The van der Waals surface area contributed by atoms with Crippen molar-refractivity contribution in [2.75, 3.05) is 13.2 Å². The van der Waals surface area contributed by atoms with Gasteiger partial charge in [-0.25, -0.2) is 0 Å². The lowest BCUT2D eigenvalue weighted by Crippen LogP contribution is -2.77. The van der Waals surface area contributed by atoms with Crippen LogP contribution in [0.3, 0.4) is 0 Å². The fraction of sp³-hybridized carbons (Fsp3) is 0.739. The number of ether oxygens (including phenoxy) is 8. The van der Waals surface area contributed by atoms with E-state index in [-0.39, 0.29) is 6.61 Å². The second-order valence-electron chi connectivity index (χ2n) is 8.97. The highest BCUT2D eigenvalue weighted by molar-refractivity contribution is 7.95. The Morgan fingerprint density at radius 1 is 0.692 bits per heavy atom. The Kier molecular flexibility index (Phi) is 9.79. The van der Waals surface area contributed by atoms with Crippen LogP contribution in [-0.4, -0.2) is 103 Å². The van der Waals surface area contributed by atoms with E-state index in [0.717, 1.165) is 46.7 Å². The molecule has 39 heavy (non-hydrogen) atoms. The van der Waals surface area contributed by atoms with Crippen molar-refractivity contribution in [1.82, 2.24) is 0 Å². The number of rotatable bonds is 8. The Labute approximate surface area is 227 Å². The van der Waals surface area contributed by atoms with Crippen LogP contribution in [0.25, 0.3) is 0 Å². The average molecular weight is 579 g/mol. The predicted molar refractivity (Wildman–Crippen MR) is 124 cm³/mol. The second kappa shape index (κ2) is 12.5. The van der Waals surface area contributed by atoms with Gasteiger partial charge in [0.2, 0.25) is 0 Å². The van der Waals surface area contributed by atoms with E-state index in [1.807, 2.05) is 0 Å². The lowest BCUT2D eigenvalue weighted by Gasteiger charge is -2.57. The van der Waals surface area contributed by atoms with Crippen molar-refractivity contribution in [3.8, 4) is 0 Å². The maximum atomic E-state index is 12.2. The minimum Gasteiger partial charge on any atom is -0.463 e. The molecule has 0 unspecified atom stereocenters. The highest BCUT2D eigenvalue weighted by Gasteiger charge is 2.70. The van der Waals surface area contributed by atoms with Gasteiger partial charge in [-0.2, -0.15) is 0 Å². The summed E-state index contributed by atoms with van der Waals surface area (Å²) in [6.45, 7) is 6.08. The first-order chi connectivity index (χ1) is 18.2. The van der Waals surface area contributed by atoms with Crippen LogP contribution in [0.4, 0.5) is 0 Å². The molecule has 4 rings (SSSR count). The molecule has 0 saturated carbocycles. The summed E-state index contributed by atoms with van der Waals surface area (Å²) in [4.78, 5) is 72.0. The molecule has 4 saturated heterocycles.